The van der Waals surface area contributed by atoms with Gasteiger partial charge in [-0.1, -0.05) is 12.1 Å². The molecular weight excluding hydrogens is 234 g/mol. The first-order valence-electron chi connectivity index (χ1n) is 6.48. The summed E-state index contributed by atoms with van der Waals surface area (Å²) >= 11 is 0. The van der Waals surface area contributed by atoms with Crippen LogP contribution in [0.25, 0.3) is 10.9 Å². The van der Waals surface area contributed by atoms with Gasteiger partial charge in [0, 0.05) is 37.2 Å². The number of nitrogens with one attached hydrogen (secondary N) is 1. The molecule has 1 N–H and O–H groups in total. The number of benzene rings is 1. The third-order valence-corrected chi connectivity index (χ3v) is 3.32. The number of fused-ring (bicyclic) bond motifs is 1. The molecule has 0 radical (unpaired) electrons. The first kappa shape index (κ1) is 11.9. The minimum atomic E-state index is 0.884. The van der Waals surface area contributed by atoms with Crippen molar-refractivity contribution >= 4 is 10.9 Å². The number of nitrogens with zero attached hydrogens (tertiary/aromatic N) is 2. The van der Waals surface area contributed by atoms with Gasteiger partial charge in [0.25, 0.3) is 0 Å². The monoisotopic (exact) mass is 251 g/mol. The van der Waals surface area contributed by atoms with Crippen molar-refractivity contribution in [1.82, 2.24) is 14.9 Å². The van der Waals surface area contributed by atoms with Crippen LogP contribution in [0, 0.1) is 0 Å². The van der Waals surface area contributed by atoms with E-state index in [1.54, 1.807) is 0 Å². The van der Waals surface area contributed by atoms with Gasteiger partial charge in [0.1, 0.15) is 0 Å². The highest BCUT2D eigenvalue weighted by Gasteiger charge is 2.03. The Labute approximate surface area is 112 Å². The summed E-state index contributed by atoms with van der Waals surface area (Å²) in [6.07, 6.45) is 5.83. The first-order chi connectivity index (χ1) is 9.36. The van der Waals surface area contributed by atoms with Crippen molar-refractivity contribution in [3.63, 3.8) is 0 Å². The molecule has 0 bridgehead atoms. The minimum absolute atomic E-state index is 0.884. The summed E-state index contributed by atoms with van der Waals surface area (Å²) in [5.74, 6) is 0. The van der Waals surface area contributed by atoms with E-state index in [-0.39, 0.29) is 0 Å². The van der Waals surface area contributed by atoms with Crippen LogP contribution >= 0.6 is 0 Å². The fraction of sp³-hybridized carbons (Fsp3) is 0.188. The topological polar surface area (TPSA) is 29.9 Å². The van der Waals surface area contributed by atoms with Crippen LogP contribution in [-0.2, 0) is 13.1 Å². The van der Waals surface area contributed by atoms with Gasteiger partial charge in [-0.15, -0.1) is 0 Å². The SMILES string of the molecule is CNCc1ccc2ccn(Cc3ccncc3)c2c1. The van der Waals surface area contributed by atoms with Crippen LogP contribution in [0.5, 0.6) is 0 Å². The largest absolute Gasteiger partial charge is 0.343 e. The highest BCUT2D eigenvalue weighted by molar-refractivity contribution is 5.80. The summed E-state index contributed by atoms with van der Waals surface area (Å²) in [7, 11) is 1.97. The van der Waals surface area contributed by atoms with Crippen molar-refractivity contribution in [1.29, 1.82) is 0 Å². The zero-order chi connectivity index (χ0) is 13.1. The van der Waals surface area contributed by atoms with Crippen LogP contribution in [0.15, 0.2) is 55.0 Å². The summed E-state index contributed by atoms with van der Waals surface area (Å²) in [6, 6.07) is 12.9. The lowest BCUT2D eigenvalue weighted by atomic mass is 10.1. The lowest BCUT2D eigenvalue weighted by Crippen LogP contribution is -2.05. The summed E-state index contributed by atoms with van der Waals surface area (Å²) in [4.78, 5) is 4.06. The quantitative estimate of drug-likeness (QED) is 0.772. The molecule has 2 aromatic heterocycles. The molecule has 0 atom stereocenters. The Morgan fingerprint density at radius 1 is 1.05 bits per heavy atom. The first-order valence-corrected chi connectivity index (χ1v) is 6.48. The number of rotatable bonds is 4. The second-order valence-electron chi connectivity index (χ2n) is 4.72. The summed E-state index contributed by atoms with van der Waals surface area (Å²) in [5.41, 5.74) is 3.86. The van der Waals surface area contributed by atoms with Crippen molar-refractivity contribution in [2.24, 2.45) is 0 Å². The standard InChI is InChI=1S/C16H17N3/c1-17-11-14-2-3-15-6-9-19(16(15)10-14)12-13-4-7-18-8-5-13/h2-10,17H,11-12H2,1H3. The summed E-state index contributed by atoms with van der Waals surface area (Å²) in [5, 5.41) is 4.48. The lowest BCUT2D eigenvalue weighted by molar-refractivity contribution is 0.812. The molecule has 0 fully saturated rings. The van der Waals surface area contributed by atoms with Crippen LogP contribution in [0.2, 0.25) is 0 Å². The molecule has 3 aromatic rings. The molecule has 0 aliphatic rings. The van der Waals surface area contributed by atoms with Crippen molar-refractivity contribution in [2.45, 2.75) is 13.1 Å². The molecule has 0 amide bonds. The van der Waals surface area contributed by atoms with Gasteiger partial charge in [-0.05, 0) is 47.8 Å². The molecule has 96 valence electrons. The third-order valence-electron chi connectivity index (χ3n) is 3.32. The second kappa shape index (κ2) is 5.24. The Morgan fingerprint density at radius 2 is 1.89 bits per heavy atom. The van der Waals surface area contributed by atoms with Gasteiger partial charge in [-0.2, -0.15) is 0 Å². The van der Waals surface area contributed by atoms with Crippen LogP contribution < -0.4 is 5.32 Å². The minimum Gasteiger partial charge on any atom is -0.343 e. The molecule has 2 heterocycles. The maximum atomic E-state index is 4.06. The molecule has 0 aliphatic heterocycles. The van der Waals surface area contributed by atoms with Gasteiger partial charge >= 0.3 is 0 Å². The highest BCUT2D eigenvalue weighted by Crippen LogP contribution is 2.19. The van der Waals surface area contributed by atoms with Crippen LogP contribution in [0.3, 0.4) is 0 Å². The predicted octanol–water partition coefficient (Wildman–Crippen LogP) is 2.80. The fourth-order valence-corrected chi connectivity index (χ4v) is 2.37. The lowest BCUT2D eigenvalue weighted by Gasteiger charge is -2.07. The van der Waals surface area contributed by atoms with Gasteiger partial charge in [-0.25, -0.2) is 0 Å². The van der Waals surface area contributed by atoms with Crippen molar-refractivity contribution in [3.8, 4) is 0 Å². The van der Waals surface area contributed by atoms with E-state index in [9.17, 15) is 0 Å². The van der Waals surface area contributed by atoms with Gasteiger partial charge in [0.05, 0.1) is 0 Å². The molecule has 0 unspecified atom stereocenters. The molecular formula is C16H17N3. The number of aromatic nitrogens is 2. The molecule has 0 aliphatic carbocycles. The van der Waals surface area contributed by atoms with Gasteiger partial charge in [-0.3, -0.25) is 4.98 Å². The van der Waals surface area contributed by atoms with E-state index in [2.05, 4.69) is 57.5 Å². The Kier molecular flexibility index (Phi) is 3.29. The molecule has 19 heavy (non-hydrogen) atoms. The summed E-state index contributed by atoms with van der Waals surface area (Å²) in [6.45, 7) is 1.78. The number of hydrogen-bond acceptors (Lipinski definition) is 2. The Bertz CT molecular complexity index is 671. The van der Waals surface area contributed by atoms with E-state index in [1.165, 1.54) is 22.0 Å². The maximum absolute atomic E-state index is 4.06. The molecule has 0 saturated heterocycles. The predicted molar refractivity (Wildman–Crippen MR) is 78.0 cm³/mol. The molecule has 0 saturated carbocycles. The average Bonchev–Trinajstić information content (AvgIpc) is 2.83. The van der Waals surface area contributed by atoms with Crippen molar-refractivity contribution < 1.29 is 0 Å². The van der Waals surface area contributed by atoms with Crippen LogP contribution in [-0.4, -0.2) is 16.6 Å². The molecule has 1 aromatic carbocycles. The van der Waals surface area contributed by atoms with E-state index >= 15 is 0 Å². The Morgan fingerprint density at radius 3 is 2.68 bits per heavy atom. The van der Waals surface area contributed by atoms with Gasteiger partial charge < -0.3 is 9.88 Å². The van der Waals surface area contributed by atoms with E-state index in [4.69, 9.17) is 0 Å². The third kappa shape index (κ3) is 2.51. The average molecular weight is 251 g/mol. The normalized spacial score (nSPS) is 11.0. The van der Waals surface area contributed by atoms with Crippen LogP contribution in [0.4, 0.5) is 0 Å². The zero-order valence-electron chi connectivity index (χ0n) is 11.0. The fourth-order valence-electron chi connectivity index (χ4n) is 2.37. The zero-order valence-corrected chi connectivity index (χ0v) is 11.0. The Hall–Kier alpha value is -2.13. The van der Waals surface area contributed by atoms with E-state index < -0.39 is 0 Å². The van der Waals surface area contributed by atoms with Crippen molar-refractivity contribution in [3.05, 3.63) is 66.1 Å². The molecule has 3 heteroatoms. The maximum Gasteiger partial charge on any atom is 0.0486 e. The Balaban J connectivity index is 1.97. The van der Waals surface area contributed by atoms with Gasteiger partial charge in [0.2, 0.25) is 0 Å². The smallest absolute Gasteiger partial charge is 0.0486 e. The van der Waals surface area contributed by atoms with E-state index in [0.717, 1.165) is 13.1 Å². The molecule has 3 nitrogen and oxygen atoms in total. The van der Waals surface area contributed by atoms with Gasteiger partial charge in [0.15, 0.2) is 0 Å². The highest BCUT2D eigenvalue weighted by atomic mass is 15.0. The van der Waals surface area contributed by atoms with E-state index in [0.29, 0.717) is 0 Å². The molecule has 0 spiro atoms. The number of hydrogen-bond donors (Lipinski definition) is 1. The number of pyridine rings is 1. The van der Waals surface area contributed by atoms with E-state index in [1.807, 2.05) is 19.4 Å². The molecule has 3 rings (SSSR count). The second-order valence-corrected chi connectivity index (χ2v) is 4.72. The van der Waals surface area contributed by atoms with Crippen molar-refractivity contribution in [2.75, 3.05) is 7.05 Å². The summed E-state index contributed by atoms with van der Waals surface area (Å²) < 4.78 is 2.28. The van der Waals surface area contributed by atoms with Crippen LogP contribution in [0.1, 0.15) is 11.1 Å².